The third-order valence-corrected chi connectivity index (χ3v) is 14.1. The first kappa shape index (κ1) is 51.4. The Morgan fingerprint density at radius 2 is 1.07 bits per heavy atom. The molecule has 0 spiro atoms. The molecule has 71 heavy (non-hydrogen) atoms. The fraction of sp³-hybridized carbons (Fsp3) is 0.522. The average Bonchev–Trinajstić information content (AvgIpc) is 4.20. The highest BCUT2D eigenvalue weighted by Gasteiger charge is 2.44. The number of hydrogen-bond acceptors (Lipinski definition) is 12. The lowest BCUT2D eigenvalue weighted by Gasteiger charge is -2.30. The van der Waals surface area contributed by atoms with Crippen molar-refractivity contribution < 1.29 is 55.0 Å². The van der Waals surface area contributed by atoms with E-state index in [1.165, 1.54) is 36.9 Å². The third-order valence-electron chi connectivity index (χ3n) is 13.8. The molecule has 4 aromatic rings. The molecule has 10 rings (SSSR count). The number of carbonyl (C=O) groups is 4. The highest BCUT2D eigenvalue weighted by Crippen LogP contribution is 2.40. The molecule has 2 aromatic carbocycles. The highest BCUT2D eigenvalue weighted by atomic mass is 35.5. The van der Waals surface area contributed by atoms with Crippen LogP contribution < -0.4 is 21.3 Å². The minimum absolute atomic E-state index is 0.157. The topological polar surface area (TPSA) is 205 Å². The van der Waals surface area contributed by atoms with Crippen LogP contribution in [-0.4, -0.2) is 168 Å². The van der Waals surface area contributed by atoms with Crippen molar-refractivity contribution in [2.75, 3.05) is 115 Å². The van der Waals surface area contributed by atoms with Crippen molar-refractivity contribution in [3.8, 4) is 0 Å². The zero-order valence-electron chi connectivity index (χ0n) is 38.6. The van der Waals surface area contributed by atoms with Gasteiger partial charge in [-0.2, -0.15) is 41.2 Å². The van der Waals surface area contributed by atoms with E-state index >= 15 is 0 Å². The van der Waals surface area contributed by atoms with Gasteiger partial charge in [0, 0.05) is 115 Å². The Kier molecular flexibility index (Phi) is 15.8. The van der Waals surface area contributed by atoms with Crippen LogP contribution in [0.25, 0.3) is 0 Å². The molecule has 4 atom stereocenters. The number of alkyl halides is 6. The Labute approximate surface area is 409 Å². The predicted octanol–water partition coefficient (Wildman–Crippen LogP) is 4.64. The number of amides is 4. The van der Waals surface area contributed by atoms with E-state index in [9.17, 15) is 45.5 Å². The Morgan fingerprint density at radius 3 is 1.42 bits per heavy atom. The van der Waals surface area contributed by atoms with Crippen LogP contribution in [-0.2, 0) is 34.9 Å². The maximum absolute atomic E-state index is 13.9. The van der Waals surface area contributed by atoms with Crippen LogP contribution in [0.1, 0.15) is 43.0 Å². The van der Waals surface area contributed by atoms with Gasteiger partial charge in [0.15, 0.2) is 0 Å². The number of anilines is 2. The van der Waals surface area contributed by atoms with Gasteiger partial charge in [0.25, 0.3) is 11.8 Å². The average molecular weight is 1020 g/mol. The summed E-state index contributed by atoms with van der Waals surface area (Å²) in [6.07, 6.45) is -3.45. The van der Waals surface area contributed by atoms with Gasteiger partial charge in [-0.3, -0.25) is 29.3 Å². The summed E-state index contributed by atoms with van der Waals surface area (Å²) in [4.78, 5) is 56.7. The van der Waals surface area contributed by atoms with Crippen LogP contribution in [0, 0.1) is 23.7 Å². The molecule has 4 unspecified atom stereocenters. The number of fused-ring (bicyclic) bond motifs is 2. The van der Waals surface area contributed by atoms with Crippen molar-refractivity contribution in [2.24, 2.45) is 35.1 Å². The molecular weight excluding hydrogens is 966 g/mol. The van der Waals surface area contributed by atoms with E-state index in [-0.39, 0.29) is 53.9 Å². The third kappa shape index (κ3) is 12.6. The summed E-state index contributed by atoms with van der Waals surface area (Å²) in [6, 6.07) is 8.92. The molecule has 6 fully saturated rings. The zero-order chi connectivity index (χ0) is 50.6. The van der Waals surface area contributed by atoms with E-state index in [0.717, 1.165) is 4.68 Å². The number of benzene rings is 2. The molecule has 4 amide bonds. The lowest BCUT2D eigenvalue weighted by atomic mass is 10.0. The van der Waals surface area contributed by atoms with Gasteiger partial charge in [-0.25, -0.2) is 4.79 Å². The summed E-state index contributed by atoms with van der Waals surface area (Å²) in [5, 5.41) is 9.45. The minimum Gasteiger partial charge on any atom is -0.378 e. The molecule has 8 heterocycles. The van der Waals surface area contributed by atoms with Crippen LogP contribution >= 0.6 is 11.6 Å². The van der Waals surface area contributed by atoms with Gasteiger partial charge in [-0.05, 0) is 70.7 Å². The van der Waals surface area contributed by atoms with Gasteiger partial charge >= 0.3 is 23.8 Å². The first-order valence-electron chi connectivity index (χ1n) is 23.2. The summed E-state index contributed by atoms with van der Waals surface area (Å²) >= 11 is 5.55. The molecule has 0 bridgehead atoms. The van der Waals surface area contributed by atoms with Gasteiger partial charge in [0.05, 0.1) is 61.1 Å². The number of nitrogens with zero attached hydrogens (tertiary/aromatic N) is 9. The van der Waals surface area contributed by atoms with Crippen LogP contribution in [0.3, 0.4) is 0 Å². The molecule has 0 aliphatic carbocycles. The van der Waals surface area contributed by atoms with E-state index in [1.807, 2.05) is 14.7 Å². The zero-order valence-corrected chi connectivity index (χ0v) is 39.3. The second-order valence-electron chi connectivity index (χ2n) is 18.5. The number of hydrogen-bond donors (Lipinski definition) is 3. The monoisotopic (exact) mass is 1020 g/mol. The molecule has 25 heteroatoms. The standard InChI is InChI=1S/C23H27F3N6O3.C19H23ClF3N3O2.C4H5N3O/c24-23(25,26)20-7-19(30-3-5-35-6-4-30)2-1-15(20)9-29-10-17-12-31(13-18(17)11-29)22(34)32-14-16(8-28-32)21(27)33;20-18(27)26-11-14-9-24(10-15(14)12-26)8-13-1-2-16(7-17(13)19(21,22)23)25-3-5-28-6-4-25;5-4(8)3-1-6-7-2-3/h1-2,7-8,14,17-18H,3-6,9-13H2,(H2,27,33);1-2,7,14-15H,3-6,8-12H2;1-2H,(H2,5,8)(H,6,7). The number of aromatic nitrogens is 4. The minimum atomic E-state index is -4.44. The largest absolute Gasteiger partial charge is 0.416 e. The summed E-state index contributed by atoms with van der Waals surface area (Å²) < 4.78 is 94.6. The molecule has 6 aliphatic rings. The number of nitrogens with two attached hydrogens (primary N) is 2. The van der Waals surface area contributed by atoms with Crippen LogP contribution in [0.5, 0.6) is 0 Å². The van der Waals surface area contributed by atoms with Gasteiger partial charge in [0.1, 0.15) is 0 Å². The molecule has 6 saturated heterocycles. The van der Waals surface area contributed by atoms with Crippen molar-refractivity contribution in [1.82, 2.24) is 39.6 Å². The second kappa shape index (κ2) is 21.8. The van der Waals surface area contributed by atoms with Crippen molar-refractivity contribution >= 4 is 46.2 Å². The molecule has 384 valence electrons. The summed E-state index contributed by atoms with van der Waals surface area (Å²) in [5.41, 5.74) is 11.2. The van der Waals surface area contributed by atoms with E-state index < -0.39 is 40.7 Å². The number of H-pyrrole nitrogens is 1. The quantitative estimate of drug-likeness (QED) is 0.126. The van der Waals surface area contributed by atoms with Crippen molar-refractivity contribution in [2.45, 2.75) is 25.4 Å². The summed E-state index contributed by atoms with van der Waals surface area (Å²) in [7, 11) is 0. The fourth-order valence-corrected chi connectivity index (χ4v) is 10.4. The number of ether oxygens (including phenoxy) is 2. The van der Waals surface area contributed by atoms with Crippen molar-refractivity contribution in [1.29, 1.82) is 0 Å². The summed E-state index contributed by atoms with van der Waals surface area (Å²) in [5.74, 6) is -0.207. The van der Waals surface area contributed by atoms with E-state index in [2.05, 4.69) is 20.2 Å². The number of rotatable bonds is 8. The Hall–Kier alpha value is -5.95. The molecule has 0 saturated carbocycles. The van der Waals surface area contributed by atoms with E-state index in [1.54, 1.807) is 34.1 Å². The van der Waals surface area contributed by atoms with Crippen LogP contribution in [0.4, 0.5) is 47.3 Å². The summed E-state index contributed by atoms with van der Waals surface area (Å²) in [6.45, 7) is 9.66. The number of carbonyl (C=O) groups excluding carboxylic acids is 4. The van der Waals surface area contributed by atoms with E-state index in [4.69, 9.17) is 32.5 Å². The van der Waals surface area contributed by atoms with Gasteiger partial charge in [-0.1, -0.05) is 12.1 Å². The van der Waals surface area contributed by atoms with Gasteiger partial charge < -0.3 is 40.5 Å². The first-order valence-corrected chi connectivity index (χ1v) is 23.6. The number of primary amides is 2. The van der Waals surface area contributed by atoms with Crippen LogP contribution in [0.2, 0.25) is 0 Å². The van der Waals surface area contributed by atoms with Crippen molar-refractivity contribution in [3.63, 3.8) is 0 Å². The lowest BCUT2D eigenvalue weighted by molar-refractivity contribution is -0.139. The maximum Gasteiger partial charge on any atom is 0.416 e. The highest BCUT2D eigenvalue weighted by molar-refractivity contribution is 6.62. The maximum atomic E-state index is 13.9. The Morgan fingerprint density at radius 1 is 0.634 bits per heavy atom. The number of aromatic amines is 1. The Bertz CT molecular complexity index is 2490. The molecular formula is C46H55ClF6N12O6. The first-order chi connectivity index (χ1) is 33.8. The van der Waals surface area contributed by atoms with Gasteiger partial charge in [0.2, 0.25) is 0 Å². The number of likely N-dealkylation sites (tertiary alicyclic amines) is 4. The molecule has 18 nitrogen and oxygen atoms in total. The van der Waals surface area contributed by atoms with Crippen LogP contribution in [0.15, 0.2) is 61.2 Å². The SMILES string of the molecule is NC(=O)c1cn[nH]c1.NC(=O)c1cnn(C(=O)N2CC3CN(Cc4ccc(N5CCOCC5)cc4C(F)(F)F)CC3C2)c1.O=C(Cl)N1CC2CN(Cc3ccc(N4CCOCC4)cc3C(F)(F)F)CC2C1. The lowest BCUT2D eigenvalue weighted by Crippen LogP contribution is -2.36. The number of halogens is 7. The molecule has 2 aromatic heterocycles. The number of nitrogens with one attached hydrogen (secondary N) is 1. The number of morpholine rings is 2. The molecule has 0 radical (unpaired) electrons. The molecule has 5 N–H and O–H groups in total. The normalized spacial score (nSPS) is 22.6. The van der Waals surface area contributed by atoms with Crippen molar-refractivity contribution in [3.05, 3.63) is 94.6 Å². The fourth-order valence-electron chi connectivity index (χ4n) is 10.3. The predicted molar refractivity (Wildman–Crippen MR) is 247 cm³/mol. The molecule has 6 aliphatic heterocycles. The second-order valence-corrected chi connectivity index (χ2v) is 18.9. The smallest absolute Gasteiger partial charge is 0.378 e. The Balaban J connectivity index is 0.000000167. The van der Waals surface area contributed by atoms with E-state index in [0.29, 0.717) is 127 Å². The van der Waals surface area contributed by atoms with Gasteiger partial charge in [-0.15, -0.1) is 0 Å².